The minimum absolute atomic E-state index is 0.0771. The molecule has 15 nitrogen and oxygen atoms in total. The van der Waals surface area contributed by atoms with Crippen molar-refractivity contribution >= 4 is 86.8 Å². The van der Waals surface area contributed by atoms with Crippen LogP contribution in [0, 0.1) is 0 Å². The van der Waals surface area contributed by atoms with Crippen molar-refractivity contribution in [1.82, 2.24) is 15.0 Å². The van der Waals surface area contributed by atoms with Gasteiger partial charge in [-0.2, -0.15) is 40.2 Å². The Kier molecular flexibility index (Phi) is 9.83. The van der Waals surface area contributed by atoms with E-state index in [0.29, 0.717) is 17.6 Å². The molecule has 0 atom stereocenters. The number of aromatic nitrogens is 3. The third kappa shape index (κ3) is 7.49. The Hall–Kier alpha value is -4.95. The summed E-state index contributed by atoms with van der Waals surface area (Å²) in [4.78, 5) is 12.4. The monoisotopic (exact) mass is 785 g/mol. The van der Waals surface area contributed by atoms with Gasteiger partial charge in [-0.1, -0.05) is 54.6 Å². The van der Waals surface area contributed by atoms with E-state index in [1.165, 1.54) is 12.1 Å². The van der Waals surface area contributed by atoms with Crippen LogP contribution in [0.1, 0.15) is 18.1 Å². The van der Waals surface area contributed by atoms with Crippen LogP contribution in [0.5, 0.6) is 5.75 Å². The standard InChI is InChI=1S/C33H28ClN5O10S3/c1-2-39(22-9-4-3-5-10-22)33-37-31(34)36-32(38-33)35-26-18-23(50(41,42)43)16-21-17-27(51(44,45)46)25(29(40)28(21)26)15-14-20-13-12-19-8-6-7-11-24(19)30(20)52(47,48)49/h3-13,16-18,40H,2,14-15H2,1H3,(H,41,42,43)(H,44,45,46)(H,47,48,49)(H,35,36,37,38). The first kappa shape index (κ1) is 36.8. The predicted octanol–water partition coefficient (Wildman–Crippen LogP) is 5.96. The minimum Gasteiger partial charge on any atom is -0.507 e. The van der Waals surface area contributed by atoms with Crippen LogP contribution in [-0.4, -0.2) is 65.5 Å². The van der Waals surface area contributed by atoms with Crippen molar-refractivity contribution in [3.63, 3.8) is 0 Å². The molecule has 0 radical (unpaired) electrons. The maximum absolute atomic E-state index is 12.7. The van der Waals surface area contributed by atoms with Gasteiger partial charge in [0.1, 0.15) is 15.5 Å². The van der Waals surface area contributed by atoms with Crippen molar-refractivity contribution in [3.8, 4) is 5.75 Å². The highest BCUT2D eigenvalue weighted by Crippen LogP contribution is 2.42. The Morgan fingerprint density at radius 2 is 1.44 bits per heavy atom. The molecule has 5 aromatic carbocycles. The van der Waals surface area contributed by atoms with Gasteiger partial charge in [0, 0.05) is 28.6 Å². The van der Waals surface area contributed by atoms with Gasteiger partial charge < -0.3 is 15.3 Å². The number of phenols is 1. The quantitative estimate of drug-likeness (QED) is 0.0952. The third-order valence-electron chi connectivity index (χ3n) is 8.16. The fourth-order valence-electron chi connectivity index (χ4n) is 5.96. The number of phenolic OH excluding ortho intramolecular Hbond substituents is 1. The molecule has 270 valence electrons. The number of anilines is 4. The number of fused-ring (bicyclic) bond motifs is 2. The van der Waals surface area contributed by atoms with Gasteiger partial charge in [-0.3, -0.25) is 13.7 Å². The first-order valence-corrected chi connectivity index (χ1v) is 19.9. The van der Waals surface area contributed by atoms with Crippen molar-refractivity contribution in [2.75, 3.05) is 16.8 Å². The molecule has 1 heterocycles. The first-order chi connectivity index (χ1) is 24.5. The summed E-state index contributed by atoms with van der Waals surface area (Å²) in [6.07, 6.45) is -0.659. The molecule has 6 aromatic rings. The van der Waals surface area contributed by atoms with E-state index < -0.39 is 57.2 Å². The van der Waals surface area contributed by atoms with E-state index >= 15 is 0 Å². The molecule has 52 heavy (non-hydrogen) atoms. The molecule has 0 aliphatic heterocycles. The van der Waals surface area contributed by atoms with E-state index in [2.05, 4.69) is 20.3 Å². The van der Waals surface area contributed by atoms with E-state index in [9.17, 15) is 44.0 Å². The maximum Gasteiger partial charge on any atom is 0.295 e. The van der Waals surface area contributed by atoms with E-state index in [-0.39, 0.29) is 56.6 Å². The van der Waals surface area contributed by atoms with Crippen molar-refractivity contribution in [1.29, 1.82) is 0 Å². The molecule has 0 amide bonds. The van der Waals surface area contributed by atoms with Crippen LogP contribution in [0.15, 0.2) is 99.6 Å². The zero-order valence-corrected chi connectivity index (χ0v) is 30.0. The second-order valence-electron chi connectivity index (χ2n) is 11.4. The van der Waals surface area contributed by atoms with Crippen molar-refractivity contribution in [2.45, 2.75) is 34.5 Å². The highest BCUT2D eigenvalue weighted by atomic mass is 35.5. The van der Waals surface area contributed by atoms with Crippen LogP contribution in [-0.2, 0) is 43.2 Å². The molecule has 1 aromatic heterocycles. The Morgan fingerprint density at radius 1 is 0.750 bits per heavy atom. The number of aryl methyl sites for hydroxylation is 1. The molecule has 19 heteroatoms. The Balaban J connectivity index is 1.53. The van der Waals surface area contributed by atoms with Crippen LogP contribution in [0.3, 0.4) is 0 Å². The summed E-state index contributed by atoms with van der Waals surface area (Å²) in [6, 6.07) is 21.2. The van der Waals surface area contributed by atoms with Crippen LogP contribution < -0.4 is 10.2 Å². The second kappa shape index (κ2) is 13.9. The van der Waals surface area contributed by atoms with Crippen LogP contribution in [0.25, 0.3) is 21.5 Å². The Morgan fingerprint density at radius 3 is 2.10 bits per heavy atom. The number of nitrogens with zero attached hydrogens (tertiary/aromatic N) is 4. The number of nitrogens with one attached hydrogen (secondary N) is 1. The molecule has 0 saturated carbocycles. The van der Waals surface area contributed by atoms with Gasteiger partial charge in [-0.05, 0) is 78.0 Å². The maximum atomic E-state index is 12.7. The molecule has 0 bridgehead atoms. The van der Waals surface area contributed by atoms with E-state index in [0.717, 1.165) is 18.2 Å². The molecule has 0 saturated heterocycles. The Bertz CT molecular complexity index is 2720. The molecule has 5 N–H and O–H groups in total. The second-order valence-corrected chi connectivity index (χ2v) is 15.9. The molecule has 0 aliphatic rings. The molecule has 0 fully saturated rings. The van der Waals surface area contributed by atoms with E-state index in [1.807, 2.05) is 13.0 Å². The summed E-state index contributed by atoms with van der Waals surface area (Å²) in [5.74, 6) is -0.884. The van der Waals surface area contributed by atoms with Gasteiger partial charge in [-0.25, -0.2) is 0 Å². The summed E-state index contributed by atoms with van der Waals surface area (Å²) in [6.45, 7) is 2.23. The number of hydrogen-bond acceptors (Lipinski definition) is 12. The lowest BCUT2D eigenvalue weighted by molar-refractivity contribution is 0.462. The van der Waals surface area contributed by atoms with Gasteiger partial charge in [0.25, 0.3) is 30.4 Å². The summed E-state index contributed by atoms with van der Waals surface area (Å²) < 4.78 is 105. The zero-order valence-electron chi connectivity index (χ0n) is 26.8. The lowest BCUT2D eigenvalue weighted by Gasteiger charge is -2.21. The summed E-state index contributed by atoms with van der Waals surface area (Å²) in [5.41, 5.74) is 0.183. The number of hydrogen-bond donors (Lipinski definition) is 5. The van der Waals surface area contributed by atoms with Crippen molar-refractivity contribution in [3.05, 3.63) is 101 Å². The molecule has 6 rings (SSSR count). The van der Waals surface area contributed by atoms with Crippen LogP contribution in [0.4, 0.5) is 23.3 Å². The lowest BCUT2D eigenvalue weighted by atomic mass is 9.97. The lowest BCUT2D eigenvalue weighted by Crippen LogP contribution is -2.19. The smallest absolute Gasteiger partial charge is 0.295 e. The fourth-order valence-corrected chi connectivity index (χ4v) is 8.41. The summed E-state index contributed by atoms with van der Waals surface area (Å²) in [5, 5.41) is 14.5. The summed E-state index contributed by atoms with van der Waals surface area (Å²) >= 11 is 6.27. The van der Waals surface area contributed by atoms with E-state index in [1.54, 1.807) is 53.4 Å². The molecular weight excluding hydrogens is 758 g/mol. The highest BCUT2D eigenvalue weighted by Gasteiger charge is 2.27. The van der Waals surface area contributed by atoms with Gasteiger partial charge in [0.2, 0.25) is 17.2 Å². The van der Waals surface area contributed by atoms with Crippen LogP contribution in [0.2, 0.25) is 5.28 Å². The van der Waals surface area contributed by atoms with Crippen molar-refractivity contribution < 1.29 is 44.0 Å². The molecule has 0 spiro atoms. The number of halogens is 1. The normalized spacial score (nSPS) is 12.3. The molecule has 0 unspecified atom stereocenters. The van der Waals surface area contributed by atoms with Gasteiger partial charge in [0.15, 0.2) is 0 Å². The largest absolute Gasteiger partial charge is 0.507 e. The number of benzene rings is 5. The van der Waals surface area contributed by atoms with Gasteiger partial charge in [0.05, 0.1) is 10.6 Å². The first-order valence-electron chi connectivity index (χ1n) is 15.2. The third-order valence-corrected chi connectivity index (χ3v) is 11.1. The number of para-hydroxylation sites is 1. The fraction of sp³-hybridized carbons (Fsp3) is 0.121. The van der Waals surface area contributed by atoms with Gasteiger partial charge >= 0.3 is 0 Å². The highest BCUT2D eigenvalue weighted by molar-refractivity contribution is 7.86. The summed E-state index contributed by atoms with van der Waals surface area (Å²) in [7, 11) is -14.8. The average Bonchev–Trinajstić information content (AvgIpc) is 3.06. The van der Waals surface area contributed by atoms with Crippen LogP contribution >= 0.6 is 11.6 Å². The SMILES string of the molecule is CCN(c1ccccc1)c1nc(Cl)nc(Nc2cc(S(=O)(=O)O)cc3cc(S(=O)(=O)O)c(CCc4ccc5ccccc5c4S(=O)(=O)O)c(O)c23)n1. The van der Waals surface area contributed by atoms with Gasteiger partial charge in [-0.15, -0.1) is 0 Å². The molecule has 0 aliphatic carbocycles. The molecular formula is C33H28ClN5O10S3. The predicted molar refractivity (Wildman–Crippen MR) is 194 cm³/mol. The average molecular weight is 786 g/mol. The topological polar surface area (TPSA) is 237 Å². The minimum atomic E-state index is -5.11. The number of rotatable bonds is 11. The Labute approximate surface area is 302 Å². The van der Waals surface area contributed by atoms with E-state index in [4.69, 9.17) is 11.6 Å². The van der Waals surface area contributed by atoms with Crippen molar-refractivity contribution in [2.24, 2.45) is 0 Å². The number of aromatic hydroxyl groups is 1. The zero-order chi connectivity index (χ0) is 37.6.